The van der Waals surface area contributed by atoms with Gasteiger partial charge in [-0.3, -0.25) is 14.9 Å². The summed E-state index contributed by atoms with van der Waals surface area (Å²) in [5, 5.41) is 22.1. The number of non-ortho nitro benzene ring substituents is 1. The monoisotopic (exact) mass is 346 g/mol. The van der Waals surface area contributed by atoms with Crippen molar-refractivity contribution in [2.75, 3.05) is 5.32 Å². The first-order chi connectivity index (χ1) is 11.4. The number of hydrogen-bond acceptors (Lipinski definition) is 4. The summed E-state index contributed by atoms with van der Waals surface area (Å²) >= 11 is 5.81. The predicted molar refractivity (Wildman–Crippen MR) is 89.2 cm³/mol. The Kier molecular flexibility index (Phi) is 5.28. The molecular weight excluding hydrogens is 336 g/mol. The number of nitrogens with zero attached hydrogens (tertiary/aromatic N) is 1. The SMILES string of the molecule is O=C(/C=C/c1cccc([N+](=O)[O-])c1)Nc1ccc(C(=O)O)c(Cl)c1. The number of amides is 1. The van der Waals surface area contributed by atoms with Gasteiger partial charge in [-0.2, -0.15) is 0 Å². The van der Waals surface area contributed by atoms with E-state index in [2.05, 4.69) is 5.32 Å². The van der Waals surface area contributed by atoms with Crippen molar-refractivity contribution in [3.8, 4) is 0 Å². The van der Waals surface area contributed by atoms with Crippen LogP contribution in [0.1, 0.15) is 15.9 Å². The Morgan fingerprint density at radius 2 is 1.96 bits per heavy atom. The molecule has 8 heteroatoms. The van der Waals surface area contributed by atoms with Crippen LogP contribution in [0.4, 0.5) is 11.4 Å². The van der Waals surface area contributed by atoms with Gasteiger partial charge in [0.25, 0.3) is 5.69 Å². The van der Waals surface area contributed by atoms with Crippen LogP contribution in [0.25, 0.3) is 6.08 Å². The van der Waals surface area contributed by atoms with E-state index in [1.807, 2.05) is 0 Å². The predicted octanol–water partition coefficient (Wildman–Crippen LogP) is 3.60. The van der Waals surface area contributed by atoms with Crippen LogP contribution in [0, 0.1) is 10.1 Å². The molecule has 24 heavy (non-hydrogen) atoms. The van der Waals surface area contributed by atoms with E-state index in [-0.39, 0.29) is 16.3 Å². The molecule has 0 saturated heterocycles. The van der Waals surface area contributed by atoms with E-state index < -0.39 is 16.8 Å². The molecule has 0 radical (unpaired) electrons. The number of halogens is 1. The fourth-order valence-electron chi connectivity index (χ4n) is 1.86. The van der Waals surface area contributed by atoms with Crippen molar-refractivity contribution < 1.29 is 19.6 Å². The molecule has 0 atom stereocenters. The van der Waals surface area contributed by atoms with Gasteiger partial charge >= 0.3 is 5.97 Å². The van der Waals surface area contributed by atoms with E-state index in [0.29, 0.717) is 11.3 Å². The molecular formula is C16H11ClN2O5. The van der Waals surface area contributed by atoms with Crippen LogP contribution < -0.4 is 5.32 Å². The smallest absolute Gasteiger partial charge is 0.337 e. The van der Waals surface area contributed by atoms with Crippen LogP contribution in [0.3, 0.4) is 0 Å². The Bertz CT molecular complexity index is 848. The van der Waals surface area contributed by atoms with Crippen molar-refractivity contribution in [3.63, 3.8) is 0 Å². The Labute approximate surface area is 141 Å². The summed E-state index contributed by atoms with van der Waals surface area (Å²) in [5.41, 5.74) is 0.688. The molecule has 7 nitrogen and oxygen atoms in total. The van der Waals surface area contributed by atoms with E-state index >= 15 is 0 Å². The number of nitro benzene ring substituents is 1. The van der Waals surface area contributed by atoms with Crippen molar-refractivity contribution in [2.24, 2.45) is 0 Å². The second-order valence-electron chi connectivity index (χ2n) is 4.67. The molecule has 2 aromatic rings. The highest BCUT2D eigenvalue weighted by atomic mass is 35.5. The number of carboxylic acids is 1. The first kappa shape index (κ1) is 17.2. The maximum absolute atomic E-state index is 11.8. The van der Waals surface area contributed by atoms with Gasteiger partial charge in [0, 0.05) is 23.9 Å². The van der Waals surface area contributed by atoms with E-state index in [9.17, 15) is 19.7 Å². The van der Waals surface area contributed by atoms with Crippen molar-refractivity contribution >= 4 is 40.9 Å². The molecule has 0 unspecified atom stereocenters. The lowest BCUT2D eigenvalue weighted by Crippen LogP contribution is -2.08. The van der Waals surface area contributed by atoms with E-state index in [4.69, 9.17) is 16.7 Å². The van der Waals surface area contributed by atoms with Crippen molar-refractivity contribution in [1.82, 2.24) is 0 Å². The molecule has 2 N–H and O–H groups in total. The summed E-state index contributed by atoms with van der Waals surface area (Å²) in [4.78, 5) is 32.9. The molecule has 0 fully saturated rings. The minimum atomic E-state index is -1.16. The van der Waals surface area contributed by atoms with Crippen LogP contribution in [-0.2, 0) is 4.79 Å². The highest BCUT2D eigenvalue weighted by Gasteiger charge is 2.09. The van der Waals surface area contributed by atoms with Gasteiger partial charge in [0.05, 0.1) is 15.5 Å². The molecule has 2 rings (SSSR count). The third kappa shape index (κ3) is 4.40. The average molecular weight is 347 g/mol. The summed E-state index contributed by atoms with van der Waals surface area (Å²) < 4.78 is 0. The standard InChI is InChI=1S/C16H11ClN2O5/c17-14-9-11(5-6-13(14)16(21)22)18-15(20)7-4-10-2-1-3-12(8-10)19(23)24/h1-9H,(H,18,20)(H,21,22)/b7-4+. The normalized spacial score (nSPS) is 10.5. The van der Waals surface area contributed by atoms with Gasteiger partial charge in [0.2, 0.25) is 5.91 Å². The summed E-state index contributed by atoms with van der Waals surface area (Å²) in [5.74, 6) is -1.65. The first-order valence-corrected chi connectivity index (χ1v) is 7.01. The summed E-state index contributed by atoms with van der Waals surface area (Å²) in [6, 6.07) is 9.84. The number of anilines is 1. The molecule has 0 aliphatic heterocycles. The molecule has 1 amide bonds. The van der Waals surface area contributed by atoms with E-state index in [1.54, 1.807) is 6.07 Å². The third-order valence-electron chi connectivity index (χ3n) is 2.98. The number of hydrogen-bond donors (Lipinski definition) is 2. The number of carboxylic acid groups (broad SMARTS) is 1. The number of benzene rings is 2. The zero-order chi connectivity index (χ0) is 17.7. The highest BCUT2D eigenvalue weighted by Crippen LogP contribution is 2.21. The van der Waals surface area contributed by atoms with Gasteiger partial charge in [-0.05, 0) is 29.8 Å². The molecule has 0 saturated carbocycles. The first-order valence-electron chi connectivity index (χ1n) is 6.63. The third-order valence-corrected chi connectivity index (χ3v) is 3.29. The maximum atomic E-state index is 11.8. The lowest BCUT2D eigenvalue weighted by molar-refractivity contribution is -0.384. The number of nitrogens with one attached hydrogen (secondary N) is 1. The fourth-order valence-corrected chi connectivity index (χ4v) is 2.13. The zero-order valence-electron chi connectivity index (χ0n) is 12.1. The van der Waals surface area contributed by atoms with Crippen molar-refractivity contribution in [1.29, 1.82) is 0 Å². The largest absolute Gasteiger partial charge is 0.478 e. The number of aromatic carboxylic acids is 1. The van der Waals surface area contributed by atoms with E-state index in [0.717, 1.165) is 0 Å². The molecule has 0 aromatic heterocycles. The van der Waals surface area contributed by atoms with Crippen LogP contribution >= 0.6 is 11.6 Å². The molecule has 2 aromatic carbocycles. The number of carbonyl (C=O) groups is 2. The molecule has 0 aliphatic carbocycles. The van der Waals surface area contributed by atoms with Gasteiger partial charge < -0.3 is 10.4 Å². The molecule has 122 valence electrons. The van der Waals surface area contributed by atoms with Gasteiger partial charge in [-0.15, -0.1) is 0 Å². The summed E-state index contributed by atoms with van der Waals surface area (Å²) in [6.45, 7) is 0. The van der Waals surface area contributed by atoms with Crippen molar-refractivity contribution in [3.05, 3.63) is 74.8 Å². The Morgan fingerprint density at radius 1 is 1.21 bits per heavy atom. The molecule has 0 spiro atoms. The lowest BCUT2D eigenvalue weighted by Gasteiger charge is -2.04. The van der Waals surface area contributed by atoms with Crippen LogP contribution in [0.15, 0.2) is 48.5 Å². The van der Waals surface area contributed by atoms with E-state index in [1.165, 1.54) is 48.6 Å². The Balaban J connectivity index is 2.08. The molecule has 0 aliphatic rings. The van der Waals surface area contributed by atoms with Crippen molar-refractivity contribution in [2.45, 2.75) is 0 Å². The zero-order valence-corrected chi connectivity index (χ0v) is 12.9. The molecule has 0 heterocycles. The maximum Gasteiger partial charge on any atom is 0.337 e. The van der Waals surface area contributed by atoms with Gasteiger partial charge in [-0.1, -0.05) is 23.7 Å². The lowest BCUT2D eigenvalue weighted by atomic mass is 10.2. The number of carbonyl (C=O) groups excluding carboxylic acids is 1. The quantitative estimate of drug-likeness (QED) is 0.488. The second-order valence-corrected chi connectivity index (χ2v) is 5.08. The molecule has 0 bridgehead atoms. The Hall–Kier alpha value is -3.19. The van der Waals surface area contributed by atoms with Crippen LogP contribution in [0.5, 0.6) is 0 Å². The highest BCUT2D eigenvalue weighted by molar-refractivity contribution is 6.33. The van der Waals surface area contributed by atoms with Gasteiger partial charge in [0.15, 0.2) is 0 Å². The van der Waals surface area contributed by atoms with Gasteiger partial charge in [-0.25, -0.2) is 4.79 Å². The Morgan fingerprint density at radius 3 is 2.58 bits per heavy atom. The second kappa shape index (κ2) is 7.38. The average Bonchev–Trinajstić information content (AvgIpc) is 2.53. The topological polar surface area (TPSA) is 110 Å². The summed E-state index contributed by atoms with van der Waals surface area (Å²) in [6.07, 6.45) is 2.63. The van der Waals surface area contributed by atoms with Gasteiger partial charge in [0.1, 0.15) is 0 Å². The van der Waals surface area contributed by atoms with Crippen LogP contribution in [-0.4, -0.2) is 21.9 Å². The minimum Gasteiger partial charge on any atom is -0.478 e. The van der Waals surface area contributed by atoms with Crippen LogP contribution in [0.2, 0.25) is 5.02 Å². The fraction of sp³-hybridized carbons (Fsp3) is 0. The number of nitro groups is 1. The number of rotatable bonds is 5. The minimum absolute atomic E-state index is 0.00274. The summed E-state index contributed by atoms with van der Waals surface area (Å²) in [7, 11) is 0.